The molecule has 0 N–H and O–H groups in total. The van der Waals surface area contributed by atoms with Crippen LogP contribution in [0.1, 0.15) is 32.3 Å². The van der Waals surface area contributed by atoms with Gasteiger partial charge in [0.05, 0.1) is 9.86 Å². The van der Waals surface area contributed by atoms with Crippen molar-refractivity contribution in [1.29, 1.82) is 5.26 Å². The summed E-state index contributed by atoms with van der Waals surface area (Å²) >= 11 is 5.00. The van der Waals surface area contributed by atoms with Gasteiger partial charge in [-0.1, -0.05) is 13.8 Å². The van der Waals surface area contributed by atoms with Gasteiger partial charge in [0.1, 0.15) is 5.41 Å². The molecule has 5 heteroatoms. The first-order chi connectivity index (χ1) is 8.49. The van der Waals surface area contributed by atoms with E-state index in [1.165, 1.54) is 0 Å². The fourth-order valence-corrected chi connectivity index (χ4v) is 3.10. The Morgan fingerprint density at radius 3 is 2.56 bits per heavy atom. The third-order valence-electron chi connectivity index (χ3n) is 3.22. The molecular weight excluding hydrogens is 312 g/mol. The summed E-state index contributed by atoms with van der Waals surface area (Å²) in [5.41, 5.74) is 0.212. The second-order valence-corrected chi connectivity index (χ2v) is 6.61. The number of nitriles is 1. The van der Waals surface area contributed by atoms with Crippen LogP contribution in [0.5, 0.6) is 0 Å². The summed E-state index contributed by atoms with van der Waals surface area (Å²) in [5.74, 6) is -0.0858. The zero-order valence-corrected chi connectivity index (χ0v) is 13.3. The number of carbonyl (C=O) groups excluding carboxylic acids is 1. The fourth-order valence-electron chi connectivity index (χ4n) is 1.90. The van der Waals surface area contributed by atoms with Crippen LogP contribution in [0.3, 0.4) is 0 Å². The molecule has 0 aliphatic carbocycles. The van der Waals surface area contributed by atoms with Gasteiger partial charge in [-0.3, -0.25) is 4.79 Å². The second-order valence-electron chi connectivity index (χ2n) is 4.32. The number of hydrogen-bond acceptors (Lipinski definition) is 3. The molecule has 0 aliphatic rings. The van der Waals surface area contributed by atoms with Gasteiger partial charge in [-0.15, -0.1) is 11.3 Å². The van der Waals surface area contributed by atoms with Crippen molar-refractivity contribution in [3.63, 3.8) is 0 Å². The second kappa shape index (κ2) is 6.35. The lowest BCUT2D eigenvalue weighted by Crippen LogP contribution is -2.40. The normalized spacial score (nSPS) is 11.1. The van der Waals surface area contributed by atoms with Gasteiger partial charge in [0, 0.05) is 13.6 Å². The molecule has 1 heterocycles. The molecule has 1 rings (SSSR count). The van der Waals surface area contributed by atoms with Crippen LogP contribution in [0.4, 0.5) is 0 Å². The van der Waals surface area contributed by atoms with Crippen molar-refractivity contribution in [1.82, 2.24) is 4.90 Å². The zero-order chi connectivity index (χ0) is 13.8. The molecule has 0 aromatic carbocycles. The maximum atomic E-state index is 12.4. The third-order valence-corrected chi connectivity index (χ3v) is 4.77. The SMILES string of the molecule is CCC(C#N)(CC)C(=O)N(C)Cc1csc(Br)c1. The van der Waals surface area contributed by atoms with Crippen LogP contribution in [-0.2, 0) is 11.3 Å². The Labute approximate surface area is 121 Å². The average molecular weight is 329 g/mol. The summed E-state index contributed by atoms with van der Waals surface area (Å²) in [6.07, 6.45) is 1.10. The molecule has 1 aromatic rings. The highest BCUT2D eigenvalue weighted by atomic mass is 79.9. The number of carbonyl (C=O) groups is 1. The van der Waals surface area contributed by atoms with Gasteiger partial charge in [0.15, 0.2) is 0 Å². The van der Waals surface area contributed by atoms with E-state index in [1.54, 1.807) is 23.3 Å². The molecule has 0 bridgehead atoms. The first-order valence-corrected chi connectivity index (χ1v) is 7.56. The topological polar surface area (TPSA) is 44.1 Å². The Morgan fingerprint density at radius 2 is 2.17 bits per heavy atom. The van der Waals surface area contributed by atoms with Gasteiger partial charge in [0.25, 0.3) is 0 Å². The van der Waals surface area contributed by atoms with E-state index >= 15 is 0 Å². The summed E-state index contributed by atoms with van der Waals surface area (Å²) in [5, 5.41) is 11.3. The van der Waals surface area contributed by atoms with Crippen molar-refractivity contribution in [3.05, 3.63) is 20.8 Å². The van der Waals surface area contributed by atoms with Gasteiger partial charge < -0.3 is 4.90 Å². The number of hydrogen-bond donors (Lipinski definition) is 0. The average Bonchev–Trinajstić information content (AvgIpc) is 2.77. The highest BCUT2D eigenvalue weighted by Gasteiger charge is 2.37. The van der Waals surface area contributed by atoms with Crippen LogP contribution in [0.2, 0.25) is 0 Å². The van der Waals surface area contributed by atoms with Gasteiger partial charge in [0.2, 0.25) is 5.91 Å². The Balaban J connectivity index is 2.81. The number of rotatable bonds is 5. The molecule has 3 nitrogen and oxygen atoms in total. The maximum absolute atomic E-state index is 12.4. The molecule has 0 fully saturated rings. The lowest BCUT2D eigenvalue weighted by Gasteiger charge is -2.28. The van der Waals surface area contributed by atoms with E-state index in [4.69, 9.17) is 0 Å². The molecule has 0 aliphatic heterocycles. The summed E-state index contributed by atoms with van der Waals surface area (Å²) < 4.78 is 1.05. The Hall–Kier alpha value is -0.860. The molecular formula is C13H17BrN2OS. The number of nitrogens with zero attached hydrogens (tertiary/aromatic N) is 2. The van der Waals surface area contributed by atoms with Crippen molar-refractivity contribution in [2.24, 2.45) is 5.41 Å². The quantitative estimate of drug-likeness (QED) is 0.825. The molecule has 0 spiro atoms. The van der Waals surface area contributed by atoms with E-state index in [-0.39, 0.29) is 5.91 Å². The van der Waals surface area contributed by atoms with Crippen LogP contribution in [0.25, 0.3) is 0 Å². The van der Waals surface area contributed by atoms with Gasteiger partial charge in [-0.05, 0) is 45.8 Å². The summed E-state index contributed by atoms with van der Waals surface area (Å²) in [6.45, 7) is 4.32. The van der Waals surface area contributed by atoms with E-state index in [0.29, 0.717) is 19.4 Å². The first kappa shape index (κ1) is 15.2. The molecule has 0 saturated heterocycles. The highest BCUT2D eigenvalue weighted by Crippen LogP contribution is 2.29. The van der Waals surface area contributed by atoms with Crippen molar-refractivity contribution < 1.29 is 4.79 Å². The highest BCUT2D eigenvalue weighted by molar-refractivity contribution is 9.11. The van der Waals surface area contributed by atoms with E-state index in [2.05, 4.69) is 22.0 Å². The molecule has 0 saturated carbocycles. The van der Waals surface area contributed by atoms with Crippen molar-refractivity contribution in [2.45, 2.75) is 33.2 Å². The van der Waals surface area contributed by atoms with Crippen molar-refractivity contribution in [3.8, 4) is 6.07 Å². The Kier molecular flexibility index (Phi) is 5.36. The Bertz CT molecular complexity index is 460. The molecule has 98 valence electrons. The predicted molar refractivity (Wildman–Crippen MR) is 77.1 cm³/mol. The van der Waals surface area contributed by atoms with Gasteiger partial charge in [-0.25, -0.2) is 0 Å². The molecule has 0 atom stereocenters. The zero-order valence-electron chi connectivity index (χ0n) is 10.9. The summed E-state index contributed by atoms with van der Waals surface area (Å²) in [4.78, 5) is 14.0. The van der Waals surface area contributed by atoms with Crippen LogP contribution >= 0.6 is 27.3 Å². The smallest absolute Gasteiger partial charge is 0.243 e. The third kappa shape index (κ3) is 3.12. The first-order valence-electron chi connectivity index (χ1n) is 5.88. The minimum atomic E-state index is -0.873. The Morgan fingerprint density at radius 1 is 1.56 bits per heavy atom. The van der Waals surface area contributed by atoms with Crippen molar-refractivity contribution >= 4 is 33.2 Å². The monoisotopic (exact) mass is 328 g/mol. The van der Waals surface area contributed by atoms with Crippen LogP contribution < -0.4 is 0 Å². The maximum Gasteiger partial charge on any atom is 0.243 e. The van der Waals surface area contributed by atoms with Crippen molar-refractivity contribution in [2.75, 3.05) is 7.05 Å². The van der Waals surface area contributed by atoms with E-state index in [9.17, 15) is 10.1 Å². The summed E-state index contributed by atoms with van der Waals surface area (Å²) in [7, 11) is 1.76. The molecule has 0 radical (unpaired) electrons. The predicted octanol–water partition coefficient (Wildman–Crippen LogP) is 3.80. The molecule has 0 unspecified atom stereocenters. The molecule has 1 aromatic heterocycles. The van der Waals surface area contributed by atoms with Crippen LogP contribution in [-0.4, -0.2) is 17.9 Å². The minimum Gasteiger partial charge on any atom is -0.340 e. The van der Waals surface area contributed by atoms with Crippen LogP contribution in [0.15, 0.2) is 15.2 Å². The molecule has 18 heavy (non-hydrogen) atoms. The van der Waals surface area contributed by atoms with E-state index in [1.807, 2.05) is 25.3 Å². The van der Waals surface area contributed by atoms with E-state index < -0.39 is 5.41 Å². The number of amides is 1. The summed E-state index contributed by atoms with van der Waals surface area (Å²) in [6, 6.07) is 4.19. The molecule has 1 amide bonds. The van der Waals surface area contributed by atoms with Crippen LogP contribution in [0, 0.1) is 16.7 Å². The van der Waals surface area contributed by atoms with E-state index in [0.717, 1.165) is 9.35 Å². The lowest BCUT2D eigenvalue weighted by atomic mass is 9.82. The van der Waals surface area contributed by atoms with Gasteiger partial charge >= 0.3 is 0 Å². The minimum absolute atomic E-state index is 0.0858. The van der Waals surface area contributed by atoms with Gasteiger partial charge in [-0.2, -0.15) is 5.26 Å². The number of halogens is 1. The fraction of sp³-hybridized carbons (Fsp3) is 0.538. The lowest BCUT2D eigenvalue weighted by molar-refractivity contribution is -0.138. The number of thiophene rings is 1. The standard InChI is InChI=1S/C13H17BrN2OS/c1-4-13(5-2,9-15)12(17)16(3)7-10-6-11(14)18-8-10/h6,8H,4-5,7H2,1-3H3. The largest absolute Gasteiger partial charge is 0.340 e.